The highest BCUT2D eigenvalue weighted by molar-refractivity contribution is 5.97. The molecule has 1 aliphatic heterocycles. The normalized spacial score (nSPS) is 13.3. The number of nitrogens with zero attached hydrogens (tertiary/aromatic N) is 1. The van der Waals surface area contributed by atoms with Gasteiger partial charge < -0.3 is 19.4 Å². The van der Waals surface area contributed by atoms with E-state index in [1.54, 1.807) is 19.1 Å². The summed E-state index contributed by atoms with van der Waals surface area (Å²) in [7, 11) is 3.14. The van der Waals surface area contributed by atoms with Gasteiger partial charge in [-0.3, -0.25) is 9.59 Å². The van der Waals surface area contributed by atoms with Crippen molar-refractivity contribution in [2.45, 2.75) is 13.0 Å². The zero-order chi connectivity index (χ0) is 19.8. The summed E-state index contributed by atoms with van der Waals surface area (Å²) in [4.78, 5) is 30.1. The molecule has 144 valence electrons. The number of aromatic amines is 1. The van der Waals surface area contributed by atoms with Gasteiger partial charge in [-0.25, -0.2) is 4.39 Å². The van der Waals surface area contributed by atoms with E-state index in [4.69, 9.17) is 9.47 Å². The van der Waals surface area contributed by atoms with Crippen LogP contribution in [0.2, 0.25) is 0 Å². The molecule has 2 aromatic carbocycles. The van der Waals surface area contributed by atoms with Gasteiger partial charge >= 0.3 is 0 Å². The quantitative estimate of drug-likeness (QED) is 0.756. The molecule has 2 heterocycles. The molecule has 0 bridgehead atoms. The summed E-state index contributed by atoms with van der Waals surface area (Å²) >= 11 is 0. The maximum Gasteiger partial charge on any atom is 0.259 e. The number of halogens is 1. The van der Waals surface area contributed by atoms with Crippen molar-refractivity contribution in [3.05, 3.63) is 69.3 Å². The van der Waals surface area contributed by atoms with Gasteiger partial charge in [0.2, 0.25) is 5.43 Å². The first kappa shape index (κ1) is 18.0. The average Bonchev–Trinajstić information content (AvgIpc) is 2.72. The molecule has 0 atom stereocenters. The highest BCUT2D eigenvalue weighted by Gasteiger charge is 2.26. The summed E-state index contributed by atoms with van der Waals surface area (Å²) in [6.45, 7) is 0.830. The van der Waals surface area contributed by atoms with Gasteiger partial charge in [0.1, 0.15) is 11.4 Å². The molecule has 1 aliphatic rings. The third-order valence-corrected chi connectivity index (χ3v) is 5.10. The molecule has 0 spiro atoms. The molecule has 0 unspecified atom stereocenters. The number of carbonyl (C=O) groups is 1. The lowest BCUT2D eigenvalue weighted by atomic mass is 9.98. The van der Waals surface area contributed by atoms with Crippen molar-refractivity contribution < 1.29 is 18.7 Å². The van der Waals surface area contributed by atoms with E-state index in [1.165, 1.54) is 24.4 Å². The van der Waals surface area contributed by atoms with Gasteiger partial charge in [-0.05, 0) is 41.8 Å². The van der Waals surface area contributed by atoms with E-state index >= 15 is 0 Å². The molecule has 7 heteroatoms. The highest BCUT2D eigenvalue weighted by atomic mass is 19.1. The number of fused-ring (bicyclic) bond motifs is 2. The monoisotopic (exact) mass is 382 g/mol. The van der Waals surface area contributed by atoms with Crippen LogP contribution in [0.5, 0.6) is 11.5 Å². The van der Waals surface area contributed by atoms with Gasteiger partial charge in [-0.2, -0.15) is 0 Å². The van der Waals surface area contributed by atoms with Crippen LogP contribution in [0.1, 0.15) is 21.5 Å². The fraction of sp³-hybridized carbons (Fsp3) is 0.238. The maximum absolute atomic E-state index is 13.9. The Hall–Kier alpha value is -3.35. The topological polar surface area (TPSA) is 71.6 Å². The van der Waals surface area contributed by atoms with E-state index in [0.29, 0.717) is 31.0 Å². The lowest BCUT2D eigenvalue weighted by Crippen LogP contribution is -2.38. The van der Waals surface area contributed by atoms with Crippen molar-refractivity contribution in [2.24, 2.45) is 0 Å². The summed E-state index contributed by atoms with van der Waals surface area (Å²) in [5, 5.41) is 0.162. The number of hydrogen-bond donors (Lipinski definition) is 1. The number of amides is 1. The maximum atomic E-state index is 13.9. The molecule has 0 saturated carbocycles. The molecule has 1 amide bonds. The molecule has 1 aromatic heterocycles. The van der Waals surface area contributed by atoms with Crippen molar-refractivity contribution >= 4 is 16.8 Å². The number of ether oxygens (including phenoxy) is 2. The van der Waals surface area contributed by atoms with E-state index in [9.17, 15) is 14.0 Å². The van der Waals surface area contributed by atoms with Gasteiger partial charge in [-0.1, -0.05) is 6.07 Å². The summed E-state index contributed by atoms with van der Waals surface area (Å²) in [5.41, 5.74) is 1.65. The Balaban J connectivity index is 1.68. The summed E-state index contributed by atoms with van der Waals surface area (Å²) in [6.07, 6.45) is 1.93. The number of nitrogens with one attached hydrogen (secondary N) is 1. The van der Waals surface area contributed by atoms with Gasteiger partial charge in [0.15, 0.2) is 11.5 Å². The van der Waals surface area contributed by atoms with Crippen LogP contribution in [0, 0.1) is 5.82 Å². The second kappa shape index (κ2) is 6.99. The number of rotatable bonds is 3. The van der Waals surface area contributed by atoms with Crippen molar-refractivity contribution in [3.63, 3.8) is 0 Å². The van der Waals surface area contributed by atoms with Crippen molar-refractivity contribution in [3.8, 4) is 11.5 Å². The predicted molar refractivity (Wildman–Crippen MR) is 103 cm³/mol. The second-order valence-corrected chi connectivity index (χ2v) is 6.65. The molecule has 0 saturated heterocycles. The average molecular weight is 382 g/mol. The first-order chi connectivity index (χ1) is 13.5. The molecule has 28 heavy (non-hydrogen) atoms. The van der Waals surface area contributed by atoms with Gasteiger partial charge in [-0.15, -0.1) is 0 Å². The third-order valence-electron chi connectivity index (χ3n) is 5.10. The Kier molecular flexibility index (Phi) is 4.50. The van der Waals surface area contributed by atoms with E-state index in [0.717, 1.165) is 11.1 Å². The Labute approximate surface area is 160 Å². The SMILES string of the molecule is COc1cc2c(cc1OC)CN(C(=O)c1c[nH]c3c(F)cccc3c1=O)CC2. The number of carbonyl (C=O) groups excluding carboxylic acids is 1. The Bertz CT molecular complexity index is 1140. The van der Waals surface area contributed by atoms with Crippen molar-refractivity contribution in [1.82, 2.24) is 9.88 Å². The smallest absolute Gasteiger partial charge is 0.259 e. The fourth-order valence-electron chi connectivity index (χ4n) is 3.60. The number of benzene rings is 2. The van der Waals surface area contributed by atoms with Gasteiger partial charge in [0.05, 0.1) is 19.7 Å². The minimum atomic E-state index is -0.526. The number of para-hydroxylation sites is 1. The second-order valence-electron chi connectivity index (χ2n) is 6.65. The number of pyridine rings is 1. The Morgan fingerprint density at radius 1 is 1.14 bits per heavy atom. The molecule has 0 aliphatic carbocycles. The van der Waals surface area contributed by atoms with Gasteiger partial charge in [0, 0.05) is 24.7 Å². The first-order valence-electron chi connectivity index (χ1n) is 8.86. The van der Waals surface area contributed by atoms with E-state index in [-0.39, 0.29) is 22.4 Å². The van der Waals surface area contributed by atoms with Crippen LogP contribution in [0.25, 0.3) is 10.9 Å². The number of H-pyrrole nitrogens is 1. The first-order valence-corrected chi connectivity index (χ1v) is 8.86. The van der Waals surface area contributed by atoms with Crippen molar-refractivity contribution in [1.29, 1.82) is 0 Å². The standard InChI is InChI=1S/C21H19FN2O4/c1-27-17-8-12-6-7-24(11-13(12)9-18(17)28-2)21(26)15-10-23-19-14(20(15)25)4-3-5-16(19)22/h3-5,8-10H,6-7,11H2,1-2H3,(H,23,25). The van der Waals surface area contributed by atoms with Crippen LogP contribution in [0.4, 0.5) is 4.39 Å². The predicted octanol–water partition coefficient (Wildman–Crippen LogP) is 2.88. The van der Waals surface area contributed by atoms with Crippen LogP contribution in [0.15, 0.2) is 41.3 Å². The molecule has 4 rings (SSSR count). The van der Waals surface area contributed by atoms with E-state index in [1.807, 2.05) is 12.1 Å². The number of aromatic nitrogens is 1. The van der Waals surface area contributed by atoms with Crippen molar-refractivity contribution in [2.75, 3.05) is 20.8 Å². The Morgan fingerprint density at radius 2 is 1.86 bits per heavy atom. The lowest BCUT2D eigenvalue weighted by molar-refractivity contribution is 0.0733. The highest BCUT2D eigenvalue weighted by Crippen LogP contribution is 2.33. The van der Waals surface area contributed by atoms with Crippen LogP contribution >= 0.6 is 0 Å². The minimum Gasteiger partial charge on any atom is -0.493 e. The van der Waals surface area contributed by atoms with Crippen LogP contribution in [0.3, 0.4) is 0 Å². The van der Waals surface area contributed by atoms with E-state index in [2.05, 4.69) is 4.98 Å². The zero-order valence-corrected chi connectivity index (χ0v) is 15.5. The molecular weight excluding hydrogens is 363 g/mol. The molecule has 0 fully saturated rings. The van der Waals surface area contributed by atoms with Crippen LogP contribution in [-0.2, 0) is 13.0 Å². The Morgan fingerprint density at radius 3 is 2.57 bits per heavy atom. The molecule has 6 nitrogen and oxygen atoms in total. The molecule has 0 radical (unpaired) electrons. The zero-order valence-electron chi connectivity index (χ0n) is 15.5. The molecular formula is C21H19FN2O4. The lowest BCUT2D eigenvalue weighted by Gasteiger charge is -2.29. The molecule has 1 N–H and O–H groups in total. The van der Waals surface area contributed by atoms with Gasteiger partial charge in [0.25, 0.3) is 5.91 Å². The van der Waals surface area contributed by atoms with Crippen LogP contribution < -0.4 is 14.9 Å². The largest absolute Gasteiger partial charge is 0.493 e. The minimum absolute atomic E-state index is 0.00188. The molecule has 3 aromatic rings. The number of methoxy groups -OCH3 is 2. The summed E-state index contributed by atoms with van der Waals surface area (Å²) in [5.74, 6) is 0.331. The summed E-state index contributed by atoms with van der Waals surface area (Å²) in [6, 6.07) is 8.01. The number of hydrogen-bond acceptors (Lipinski definition) is 4. The fourth-order valence-corrected chi connectivity index (χ4v) is 3.60. The summed E-state index contributed by atoms with van der Waals surface area (Å²) < 4.78 is 24.5. The van der Waals surface area contributed by atoms with E-state index < -0.39 is 11.2 Å². The third kappa shape index (κ3) is 2.89. The van der Waals surface area contributed by atoms with Crippen LogP contribution in [-0.4, -0.2) is 36.6 Å².